The minimum Gasteiger partial charge on any atom is -0.378 e. The van der Waals surface area contributed by atoms with Crippen molar-refractivity contribution in [1.29, 1.82) is 0 Å². The van der Waals surface area contributed by atoms with Gasteiger partial charge >= 0.3 is 0 Å². The quantitative estimate of drug-likeness (QED) is 0.567. The van der Waals surface area contributed by atoms with Gasteiger partial charge in [0, 0.05) is 12.0 Å². The smallest absolute Gasteiger partial charge is 0.223 e. The first-order chi connectivity index (χ1) is 7.92. The van der Waals surface area contributed by atoms with Crippen molar-refractivity contribution in [3.05, 3.63) is 0 Å². The predicted molar refractivity (Wildman–Crippen MR) is 70.5 cm³/mol. The highest BCUT2D eigenvalue weighted by molar-refractivity contribution is 5.78. The summed E-state index contributed by atoms with van der Waals surface area (Å²) in [7, 11) is 0. The van der Waals surface area contributed by atoms with Gasteiger partial charge in [0.1, 0.15) is 6.23 Å². The molecule has 0 bridgehead atoms. The van der Waals surface area contributed by atoms with E-state index in [0.29, 0.717) is 6.42 Å². The van der Waals surface area contributed by atoms with Gasteiger partial charge in [-0.1, -0.05) is 20.8 Å². The standard InChI is InChI=1S/C13H28N2O2/c1-6-11(13(17)15-9(3)4)8-10(5)12(16)14-7-2/h9-12,14,16H,6-8H2,1-5H3,(H,15,17). The molecule has 3 unspecified atom stereocenters. The van der Waals surface area contributed by atoms with Gasteiger partial charge in [-0.05, 0) is 39.2 Å². The molecule has 0 aliphatic carbocycles. The maximum Gasteiger partial charge on any atom is 0.223 e. The van der Waals surface area contributed by atoms with E-state index in [0.717, 1.165) is 13.0 Å². The third kappa shape index (κ3) is 6.64. The lowest BCUT2D eigenvalue weighted by Gasteiger charge is -2.24. The van der Waals surface area contributed by atoms with Gasteiger partial charge in [0.25, 0.3) is 0 Å². The van der Waals surface area contributed by atoms with Gasteiger partial charge in [-0.2, -0.15) is 0 Å². The van der Waals surface area contributed by atoms with Crippen molar-refractivity contribution in [3.8, 4) is 0 Å². The molecule has 3 N–H and O–H groups in total. The van der Waals surface area contributed by atoms with Gasteiger partial charge in [-0.25, -0.2) is 0 Å². The lowest BCUT2D eigenvalue weighted by Crippen LogP contribution is -2.39. The highest BCUT2D eigenvalue weighted by Gasteiger charge is 2.23. The zero-order chi connectivity index (χ0) is 13.4. The maximum atomic E-state index is 11.9. The molecule has 102 valence electrons. The van der Waals surface area contributed by atoms with Crippen LogP contribution >= 0.6 is 0 Å². The Morgan fingerprint density at radius 2 is 1.82 bits per heavy atom. The second-order valence-corrected chi connectivity index (χ2v) is 4.98. The molecule has 17 heavy (non-hydrogen) atoms. The summed E-state index contributed by atoms with van der Waals surface area (Å²) in [6.45, 7) is 10.6. The molecule has 0 radical (unpaired) electrons. The summed E-state index contributed by atoms with van der Waals surface area (Å²) in [6.07, 6.45) is 0.992. The van der Waals surface area contributed by atoms with Gasteiger partial charge in [0.15, 0.2) is 0 Å². The van der Waals surface area contributed by atoms with Crippen LogP contribution in [0.1, 0.15) is 47.5 Å². The van der Waals surface area contributed by atoms with E-state index in [1.165, 1.54) is 0 Å². The maximum absolute atomic E-state index is 11.9. The van der Waals surface area contributed by atoms with Crippen LogP contribution in [0.5, 0.6) is 0 Å². The van der Waals surface area contributed by atoms with E-state index in [9.17, 15) is 9.90 Å². The monoisotopic (exact) mass is 244 g/mol. The van der Waals surface area contributed by atoms with E-state index in [1.54, 1.807) is 0 Å². The Hall–Kier alpha value is -0.610. The van der Waals surface area contributed by atoms with Gasteiger partial charge < -0.3 is 10.4 Å². The molecule has 1 amide bonds. The Kier molecular flexibility index (Phi) is 8.17. The number of carbonyl (C=O) groups is 1. The van der Waals surface area contributed by atoms with Crippen molar-refractivity contribution < 1.29 is 9.90 Å². The highest BCUT2D eigenvalue weighted by Crippen LogP contribution is 2.18. The van der Waals surface area contributed by atoms with Gasteiger partial charge in [-0.15, -0.1) is 0 Å². The average Bonchev–Trinajstić information content (AvgIpc) is 2.24. The molecule has 0 saturated heterocycles. The number of rotatable bonds is 8. The molecule has 0 aliphatic heterocycles. The van der Waals surface area contributed by atoms with Crippen molar-refractivity contribution in [2.24, 2.45) is 11.8 Å². The van der Waals surface area contributed by atoms with Crippen LogP contribution in [-0.4, -0.2) is 29.8 Å². The van der Waals surface area contributed by atoms with Gasteiger partial charge in [0.05, 0.1) is 0 Å². The summed E-state index contributed by atoms with van der Waals surface area (Å²) < 4.78 is 0. The van der Waals surface area contributed by atoms with E-state index >= 15 is 0 Å². The summed E-state index contributed by atoms with van der Waals surface area (Å²) in [4.78, 5) is 11.9. The average molecular weight is 244 g/mol. The zero-order valence-electron chi connectivity index (χ0n) is 11.8. The number of carbonyl (C=O) groups excluding carboxylic acids is 1. The fraction of sp³-hybridized carbons (Fsp3) is 0.923. The third-order valence-electron chi connectivity index (χ3n) is 2.90. The fourth-order valence-corrected chi connectivity index (χ4v) is 1.85. The lowest BCUT2D eigenvalue weighted by atomic mass is 9.91. The SMILES string of the molecule is CCNC(O)C(C)CC(CC)C(=O)NC(C)C. The molecule has 0 fully saturated rings. The number of amides is 1. The van der Waals surface area contributed by atoms with Crippen molar-refractivity contribution in [1.82, 2.24) is 10.6 Å². The molecule has 4 nitrogen and oxygen atoms in total. The summed E-state index contributed by atoms with van der Waals surface area (Å²) in [5.41, 5.74) is 0. The number of hydrogen-bond donors (Lipinski definition) is 3. The summed E-state index contributed by atoms with van der Waals surface area (Å²) in [5, 5.41) is 15.7. The van der Waals surface area contributed by atoms with Crippen LogP contribution in [0.3, 0.4) is 0 Å². The van der Waals surface area contributed by atoms with Crippen LogP contribution in [0.15, 0.2) is 0 Å². The van der Waals surface area contributed by atoms with E-state index in [1.807, 2.05) is 34.6 Å². The molecule has 0 spiro atoms. The van der Waals surface area contributed by atoms with Crippen LogP contribution in [0, 0.1) is 11.8 Å². The van der Waals surface area contributed by atoms with Crippen LogP contribution in [0.2, 0.25) is 0 Å². The molecule has 0 rings (SSSR count). The summed E-state index contributed by atoms with van der Waals surface area (Å²) in [5.74, 6) is 0.163. The third-order valence-corrected chi connectivity index (χ3v) is 2.90. The zero-order valence-corrected chi connectivity index (χ0v) is 11.8. The molecule has 0 aromatic carbocycles. The van der Waals surface area contributed by atoms with E-state index in [2.05, 4.69) is 10.6 Å². The second kappa shape index (κ2) is 8.48. The topological polar surface area (TPSA) is 61.4 Å². The molecule has 4 heteroatoms. The molecular formula is C13H28N2O2. The Bertz CT molecular complexity index is 219. The number of nitrogens with one attached hydrogen (secondary N) is 2. The van der Waals surface area contributed by atoms with Crippen molar-refractivity contribution >= 4 is 5.91 Å². The first-order valence-electron chi connectivity index (χ1n) is 6.64. The van der Waals surface area contributed by atoms with Gasteiger partial charge in [0.2, 0.25) is 5.91 Å². The van der Waals surface area contributed by atoms with E-state index in [4.69, 9.17) is 0 Å². The Morgan fingerprint density at radius 3 is 2.24 bits per heavy atom. The molecule has 0 heterocycles. The highest BCUT2D eigenvalue weighted by atomic mass is 16.3. The van der Waals surface area contributed by atoms with Crippen LogP contribution < -0.4 is 10.6 Å². The van der Waals surface area contributed by atoms with E-state index < -0.39 is 6.23 Å². The lowest BCUT2D eigenvalue weighted by molar-refractivity contribution is -0.126. The fourth-order valence-electron chi connectivity index (χ4n) is 1.85. The first-order valence-corrected chi connectivity index (χ1v) is 6.64. The molecule has 0 aromatic heterocycles. The number of hydrogen-bond acceptors (Lipinski definition) is 3. The van der Waals surface area contributed by atoms with Crippen molar-refractivity contribution in [2.75, 3.05) is 6.54 Å². The Balaban J connectivity index is 4.24. The second-order valence-electron chi connectivity index (χ2n) is 4.98. The summed E-state index contributed by atoms with van der Waals surface area (Å²) >= 11 is 0. The molecule has 0 aliphatic rings. The predicted octanol–water partition coefficient (Wildman–Crippen LogP) is 1.49. The van der Waals surface area contributed by atoms with Crippen molar-refractivity contribution in [2.45, 2.75) is 59.7 Å². The summed E-state index contributed by atoms with van der Waals surface area (Å²) in [6, 6.07) is 0.172. The van der Waals surface area contributed by atoms with Crippen LogP contribution in [0.25, 0.3) is 0 Å². The molecule has 0 saturated carbocycles. The largest absolute Gasteiger partial charge is 0.378 e. The minimum absolute atomic E-state index is 0.0132. The molecule has 3 atom stereocenters. The molecule has 0 aromatic rings. The van der Waals surface area contributed by atoms with Gasteiger partial charge in [-0.3, -0.25) is 10.1 Å². The first kappa shape index (κ1) is 16.4. The minimum atomic E-state index is -0.527. The Labute approximate surface area is 105 Å². The normalized spacial score (nSPS) is 16.6. The molecular weight excluding hydrogens is 216 g/mol. The Morgan fingerprint density at radius 1 is 1.24 bits per heavy atom. The number of aliphatic hydroxyl groups is 1. The van der Waals surface area contributed by atoms with E-state index in [-0.39, 0.29) is 23.8 Å². The van der Waals surface area contributed by atoms with Crippen LogP contribution in [-0.2, 0) is 4.79 Å². The number of aliphatic hydroxyl groups excluding tert-OH is 1. The van der Waals surface area contributed by atoms with Crippen LogP contribution in [0.4, 0.5) is 0 Å². The van der Waals surface area contributed by atoms with Crippen molar-refractivity contribution in [3.63, 3.8) is 0 Å².